The zero-order chi connectivity index (χ0) is 14.7. The van der Waals surface area contributed by atoms with Gasteiger partial charge in [0.15, 0.2) is 6.29 Å². The first-order valence-corrected chi connectivity index (χ1v) is 7.52. The predicted molar refractivity (Wildman–Crippen MR) is 75.0 cm³/mol. The van der Waals surface area contributed by atoms with Gasteiger partial charge in [0, 0.05) is 13.5 Å². The molecular weight excluding hydrogens is 256 g/mol. The van der Waals surface area contributed by atoms with E-state index < -0.39 is 12.4 Å². The van der Waals surface area contributed by atoms with Crippen LogP contribution in [0.4, 0.5) is 0 Å². The number of fused-ring (bicyclic) bond motifs is 1. The number of aliphatic hydroxyl groups is 2. The van der Waals surface area contributed by atoms with Crippen molar-refractivity contribution in [2.45, 2.75) is 58.0 Å². The number of hydrogen-bond donors (Lipinski definition) is 2. The van der Waals surface area contributed by atoms with Gasteiger partial charge in [-0.2, -0.15) is 0 Å². The summed E-state index contributed by atoms with van der Waals surface area (Å²) in [5, 5.41) is 20.8. The van der Waals surface area contributed by atoms with E-state index >= 15 is 0 Å². The van der Waals surface area contributed by atoms with Crippen LogP contribution >= 0.6 is 0 Å². The van der Waals surface area contributed by atoms with E-state index in [0.717, 1.165) is 24.0 Å². The summed E-state index contributed by atoms with van der Waals surface area (Å²) in [5.74, 6) is 0.506. The fourth-order valence-corrected chi connectivity index (χ4v) is 4.60. The van der Waals surface area contributed by atoms with Crippen LogP contribution in [0.3, 0.4) is 0 Å². The van der Waals surface area contributed by atoms with Crippen molar-refractivity contribution in [3.05, 3.63) is 11.1 Å². The smallest absolute Gasteiger partial charge is 0.178 e. The lowest BCUT2D eigenvalue weighted by Crippen LogP contribution is -2.41. The van der Waals surface area contributed by atoms with Gasteiger partial charge >= 0.3 is 0 Å². The molecule has 1 heterocycles. The monoisotopic (exact) mass is 282 g/mol. The van der Waals surface area contributed by atoms with Crippen molar-refractivity contribution in [2.75, 3.05) is 13.7 Å². The van der Waals surface area contributed by atoms with Crippen molar-refractivity contribution in [1.82, 2.24) is 0 Å². The van der Waals surface area contributed by atoms with E-state index in [1.807, 2.05) is 0 Å². The van der Waals surface area contributed by atoms with E-state index in [2.05, 4.69) is 20.8 Å². The number of ether oxygens (including phenoxy) is 2. The number of rotatable bonds is 1. The van der Waals surface area contributed by atoms with Gasteiger partial charge in [-0.25, -0.2) is 0 Å². The van der Waals surface area contributed by atoms with E-state index in [1.165, 1.54) is 0 Å². The molecule has 5 atom stereocenters. The molecule has 3 rings (SSSR count). The third kappa shape index (κ3) is 2.05. The van der Waals surface area contributed by atoms with E-state index in [9.17, 15) is 10.2 Å². The molecule has 2 N–H and O–H groups in total. The summed E-state index contributed by atoms with van der Waals surface area (Å²) < 4.78 is 11.2. The zero-order valence-corrected chi connectivity index (χ0v) is 12.8. The first-order chi connectivity index (χ1) is 9.27. The molecule has 1 fully saturated rings. The molecule has 3 aliphatic rings. The molecule has 0 spiro atoms. The molecule has 0 amide bonds. The second kappa shape index (κ2) is 4.54. The SMILES string of the molecule is CO[C@@]1(C)CC2=C(CO[C@H]2O)[C@@H](O)[C@@H]2CC(C)(C)C[C@@H]21. The van der Waals surface area contributed by atoms with Gasteiger partial charge in [0.1, 0.15) is 0 Å². The Kier molecular flexibility index (Phi) is 3.29. The highest BCUT2D eigenvalue weighted by Gasteiger charge is 2.55. The molecule has 114 valence electrons. The molecule has 0 bridgehead atoms. The lowest BCUT2D eigenvalue weighted by atomic mass is 9.77. The lowest BCUT2D eigenvalue weighted by molar-refractivity contribution is -0.0894. The predicted octanol–water partition coefficient (Wildman–Crippen LogP) is 1.85. The van der Waals surface area contributed by atoms with Crippen LogP contribution in [0.2, 0.25) is 0 Å². The van der Waals surface area contributed by atoms with Crippen molar-refractivity contribution in [2.24, 2.45) is 17.3 Å². The maximum Gasteiger partial charge on any atom is 0.178 e. The Balaban J connectivity index is 2.03. The maximum absolute atomic E-state index is 10.8. The average molecular weight is 282 g/mol. The Morgan fingerprint density at radius 1 is 1.15 bits per heavy atom. The van der Waals surface area contributed by atoms with E-state index in [0.29, 0.717) is 18.9 Å². The Hall–Kier alpha value is -0.420. The topological polar surface area (TPSA) is 58.9 Å². The summed E-state index contributed by atoms with van der Waals surface area (Å²) >= 11 is 0. The lowest BCUT2D eigenvalue weighted by Gasteiger charge is -2.38. The molecule has 4 heteroatoms. The summed E-state index contributed by atoms with van der Waals surface area (Å²) in [4.78, 5) is 0. The van der Waals surface area contributed by atoms with E-state index in [4.69, 9.17) is 9.47 Å². The first-order valence-electron chi connectivity index (χ1n) is 7.52. The summed E-state index contributed by atoms with van der Waals surface area (Å²) in [5.41, 5.74) is 1.62. The van der Waals surface area contributed by atoms with Gasteiger partial charge in [0.25, 0.3) is 0 Å². The van der Waals surface area contributed by atoms with Crippen LogP contribution in [0.15, 0.2) is 11.1 Å². The Bertz CT molecular complexity index is 442. The fraction of sp³-hybridized carbons (Fsp3) is 0.875. The molecule has 0 radical (unpaired) electrons. The van der Waals surface area contributed by atoms with Crippen LogP contribution in [0.25, 0.3) is 0 Å². The number of methoxy groups -OCH3 is 1. The normalized spacial score (nSPS) is 47.1. The molecule has 20 heavy (non-hydrogen) atoms. The summed E-state index contributed by atoms with van der Waals surface area (Å²) in [7, 11) is 1.74. The van der Waals surface area contributed by atoms with Gasteiger partial charge < -0.3 is 19.7 Å². The highest BCUT2D eigenvalue weighted by atomic mass is 16.6. The molecule has 0 aromatic carbocycles. The van der Waals surface area contributed by atoms with E-state index in [-0.39, 0.29) is 16.9 Å². The largest absolute Gasteiger partial charge is 0.388 e. The van der Waals surface area contributed by atoms with Crippen LogP contribution in [0.1, 0.15) is 40.0 Å². The van der Waals surface area contributed by atoms with Crippen LogP contribution in [-0.4, -0.2) is 41.9 Å². The summed E-state index contributed by atoms with van der Waals surface area (Å²) in [6, 6.07) is 0. The highest BCUT2D eigenvalue weighted by Crippen LogP contribution is 2.56. The Morgan fingerprint density at radius 2 is 1.85 bits per heavy atom. The third-order valence-corrected chi connectivity index (χ3v) is 5.74. The molecule has 0 aromatic heterocycles. The summed E-state index contributed by atoms with van der Waals surface area (Å²) in [6.07, 6.45) is 1.31. The van der Waals surface area contributed by atoms with Crippen LogP contribution < -0.4 is 0 Å². The van der Waals surface area contributed by atoms with Crippen LogP contribution in [0, 0.1) is 17.3 Å². The number of aliphatic hydroxyl groups excluding tert-OH is 2. The standard InChI is InChI=1S/C16H26O4/c1-15(2)5-10-12(7-15)16(3,19-4)6-9-11(13(10)17)8-20-14(9)18/h10,12-14,17-18H,5-8H2,1-4H3/t10-,12+,13+,14-,16+/m1/s1. The molecule has 1 saturated carbocycles. The highest BCUT2D eigenvalue weighted by molar-refractivity contribution is 5.31. The minimum absolute atomic E-state index is 0.191. The average Bonchev–Trinajstić information content (AvgIpc) is 2.88. The van der Waals surface area contributed by atoms with Crippen LogP contribution in [0.5, 0.6) is 0 Å². The van der Waals surface area contributed by atoms with Crippen molar-refractivity contribution in [3.8, 4) is 0 Å². The molecule has 2 aliphatic carbocycles. The van der Waals surface area contributed by atoms with Gasteiger partial charge in [-0.15, -0.1) is 0 Å². The molecule has 4 nitrogen and oxygen atoms in total. The third-order valence-electron chi connectivity index (χ3n) is 5.74. The number of hydrogen-bond acceptors (Lipinski definition) is 4. The van der Waals surface area contributed by atoms with Gasteiger partial charge in [-0.05, 0) is 48.2 Å². The molecule has 0 aromatic rings. The second-order valence-corrected chi connectivity index (χ2v) is 7.70. The molecular formula is C16H26O4. The first kappa shape index (κ1) is 14.5. The van der Waals surface area contributed by atoms with Gasteiger partial charge in [0.05, 0.1) is 18.3 Å². The van der Waals surface area contributed by atoms with Gasteiger partial charge in [-0.3, -0.25) is 0 Å². The minimum atomic E-state index is -0.874. The van der Waals surface area contributed by atoms with Gasteiger partial charge in [-0.1, -0.05) is 13.8 Å². The summed E-state index contributed by atoms with van der Waals surface area (Å²) in [6.45, 7) is 6.99. The molecule has 0 unspecified atom stereocenters. The fourth-order valence-electron chi connectivity index (χ4n) is 4.60. The Labute approximate surface area is 120 Å². The van der Waals surface area contributed by atoms with Crippen molar-refractivity contribution >= 4 is 0 Å². The van der Waals surface area contributed by atoms with Crippen LogP contribution in [-0.2, 0) is 9.47 Å². The quantitative estimate of drug-likeness (QED) is 0.721. The molecule has 0 saturated heterocycles. The maximum atomic E-state index is 10.8. The molecule has 1 aliphatic heterocycles. The van der Waals surface area contributed by atoms with Gasteiger partial charge in [0.2, 0.25) is 0 Å². The van der Waals surface area contributed by atoms with Crippen molar-refractivity contribution < 1.29 is 19.7 Å². The Morgan fingerprint density at radius 3 is 2.50 bits per heavy atom. The second-order valence-electron chi connectivity index (χ2n) is 7.70. The zero-order valence-electron chi connectivity index (χ0n) is 12.8. The van der Waals surface area contributed by atoms with E-state index in [1.54, 1.807) is 7.11 Å². The van der Waals surface area contributed by atoms with Crippen molar-refractivity contribution in [3.63, 3.8) is 0 Å². The van der Waals surface area contributed by atoms with Crippen molar-refractivity contribution in [1.29, 1.82) is 0 Å². The minimum Gasteiger partial charge on any atom is -0.388 e.